The van der Waals surface area contributed by atoms with E-state index >= 15 is 0 Å². The molecule has 0 atom stereocenters. The zero-order chi connectivity index (χ0) is 16.8. The van der Waals surface area contributed by atoms with Crippen molar-refractivity contribution in [3.63, 3.8) is 0 Å². The third kappa shape index (κ3) is 5.15. The molecule has 0 unspecified atom stereocenters. The van der Waals surface area contributed by atoms with Crippen LogP contribution in [0.15, 0.2) is 23.2 Å². The Hall–Kier alpha value is -1.18. The summed E-state index contributed by atoms with van der Waals surface area (Å²) in [5, 5.41) is 3.48. The average Bonchev–Trinajstić information content (AvgIpc) is 3.30. The number of hydrogen-bond donors (Lipinski definition) is 1. The van der Waals surface area contributed by atoms with Crippen molar-refractivity contribution in [3.05, 3.63) is 23.8 Å². The molecule has 1 saturated heterocycles. The van der Waals surface area contributed by atoms with Crippen molar-refractivity contribution in [2.45, 2.75) is 51.2 Å². The van der Waals surface area contributed by atoms with Crippen molar-refractivity contribution in [2.75, 3.05) is 27.2 Å². The Bertz CT molecular complexity index is 568. The fourth-order valence-corrected chi connectivity index (χ4v) is 3.60. The molecule has 25 heavy (non-hydrogen) atoms. The van der Waals surface area contributed by atoms with Crippen molar-refractivity contribution in [2.24, 2.45) is 4.99 Å². The summed E-state index contributed by atoms with van der Waals surface area (Å²) in [4.78, 5) is 6.74. The SMILES string of the molecule is CN=C(NCc1cccc(OC)c1OC1CCCC1)N1CCCC1.I. The highest BCUT2D eigenvalue weighted by atomic mass is 127. The molecule has 6 heteroatoms. The first-order valence-corrected chi connectivity index (χ1v) is 9.10. The van der Waals surface area contributed by atoms with Gasteiger partial charge in [0.05, 0.1) is 13.2 Å². The summed E-state index contributed by atoms with van der Waals surface area (Å²) in [7, 11) is 3.55. The number of methoxy groups -OCH3 is 1. The topological polar surface area (TPSA) is 46.1 Å². The van der Waals surface area contributed by atoms with Gasteiger partial charge in [-0.15, -0.1) is 24.0 Å². The number of likely N-dealkylation sites (tertiary alicyclic amines) is 1. The molecule has 0 amide bonds. The molecule has 2 fully saturated rings. The van der Waals surface area contributed by atoms with E-state index in [2.05, 4.69) is 21.3 Å². The molecular formula is C19H30IN3O2. The Kier molecular flexibility index (Phi) is 8.12. The summed E-state index contributed by atoms with van der Waals surface area (Å²) in [6, 6.07) is 6.11. The van der Waals surface area contributed by atoms with Crippen LogP contribution in [-0.4, -0.2) is 44.2 Å². The Morgan fingerprint density at radius 3 is 2.56 bits per heavy atom. The molecule has 1 heterocycles. The van der Waals surface area contributed by atoms with Crippen LogP contribution in [0.1, 0.15) is 44.1 Å². The molecule has 0 radical (unpaired) electrons. The lowest BCUT2D eigenvalue weighted by atomic mass is 10.1. The largest absolute Gasteiger partial charge is 0.493 e. The van der Waals surface area contributed by atoms with Crippen LogP contribution in [0, 0.1) is 0 Å². The van der Waals surface area contributed by atoms with Crippen LogP contribution < -0.4 is 14.8 Å². The lowest BCUT2D eigenvalue weighted by molar-refractivity contribution is 0.198. The van der Waals surface area contributed by atoms with Crippen LogP contribution >= 0.6 is 24.0 Å². The zero-order valence-corrected chi connectivity index (χ0v) is 17.6. The van der Waals surface area contributed by atoms with E-state index in [1.165, 1.54) is 25.7 Å². The van der Waals surface area contributed by atoms with Gasteiger partial charge in [0.1, 0.15) is 0 Å². The monoisotopic (exact) mass is 459 g/mol. The summed E-state index contributed by atoms with van der Waals surface area (Å²) in [6.07, 6.45) is 7.61. The minimum absolute atomic E-state index is 0. The highest BCUT2D eigenvalue weighted by molar-refractivity contribution is 14.0. The Morgan fingerprint density at radius 2 is 1.92 bits per heavy atom. The zero-order valence-electron chi connectivity index (χ0n) is 15.3. The lowest BCUT2D eigenvalue weighted by Gasteiger charge is -2.23. The van der Waals surface area contributed by atoms with Crippen LogP contribution in [0.25, 0.3) is 0 Å². The normalized spacial score (nSPS) is 18.2. The second kappa shape index (κ2) is 10.1. The molecule has 3 rings (SSSR count). The number of aliphatic imine (C=N–C) groups is 1. The predicted molar refractivity (Wildman–Crippen MR) is 112 cm³/mol. The highest BCUT2D eigenvalue weighted by Crippen LogP contribution is 2.34. The molecule has 5 nitrogen and oxygen atoms in total. The average molecular weight is 459 g/mol. The van der Waals surface area contributed by atoms with E-state index in [1.54, 1.807) is 7.11 Å². The number of halogens is 1. The second-order valence-electron chi connectivity index (χ2n) is 6.57. The molecule has 1 aromatic carbocycles. The summed E-state index contributed by atoms with van der Waals surface area (Å²) in [6.45, 7) is 2.87. The van der Waals surface area contributed by atoms with Gasteiger partial charge in [-0.1, -0.05) is 12.1 Å². The number of nitrogens with zero attached hydrogens (tertiary/aromatic N) is 2. The Balaban J connectivity index is 0.00000225. The fourth-order valence-electron chi connectivity index (χ4n) is 3.60. The predicted octanol–water partition coefficient (Wildman–Crippen LogP) is 3.81. The van der Waals surface area contributed by atoms with Crippen molar-refractivity contribution in [3.8, 4) is 11.5 Å². The number of guanidine groups is 1. The highest BCUT2D eigenvalue weighted by Gasteiger charge is 2.21. The minimum atomic E-state index is 0. The number of rotatable bonds is 5. The maximum absolute atomic E-state index is 6.30. The van der Waals surface area contributed by atoms with E-state index in [9.17, 15) is 0 Å². The first-order valence-electron chi connectivity index (χ1n) is 9.10. The van der Waals surface area contributed by atoms with Gasteiger partial charge in [-0.05, 0) is 44.6 Å². The first kappa shape index (κ1) is 20.1. The number of benzene rings is 1. The van der Waals surface area contributed by atoms with Crippen LogP contribution in [-0.2, 0) is 6.54 Å². The van der Waals surface area contributed by atoms with Gasteiger partial charge in [0.15, 0.2) is 17.5 Å². The Labute approximate surface area is 168 Å². The van der Waals surface area contributed by atoms with E-state index in [-0.39, 0.29) is 24.0 Å². The van der Waals surface area contributed by atoms with Crippen LogP contribution in [0.5, 0.6) is 11.5 Å². The van der Waals surface area contributed by atoms with Crippen LogP contribution in [0.4, 0.5) is 0 Å². The fraction of sp³-hybridized carbons (Fsp3) is 0.632. The molecule has 1 aliphatic carbocycles. The third-order valence-corrected chi connectivity index (χ3v) is 4.92. The van der Waals surface area contributed by atoms with Gasteiger partial charge in [-0.25, -0.2) is 0 Å². The van der Waals surface area contributed by atoms with E-state index in [0.29, 0.717) is 12.6 Å². The number of ether oxygens (including phenoxy) is 2. The van der Waals surface area contributed by atoms with Crippen LogP contribution in [0.3, 0.4) is 0 Å². The summed E-state index contributed by atoms with van der Waals surface area (Å²) >= 11 is 0. The maximum Gasteiger partial charge on any atom is 0.193 e. The van der Waals surface area contributed by atoms with Gasteiger partial charge in [0.25, 0.3) is 0 Å². The second-order valence-corrected chi connectivity index (χ2v) is 6.57. The van der Waals surface area contributed by atoms with Crippen molar-refractivity contribution in [1.29, 1.82) is 0 Å². The van der Waals surface area contributed by atoms with Crippen molar-refractivity contribution in [1.82, 2.24) is 10.2 Å². The Morgan fingerprint density at radius 1 is 1.20 bits per heavy atom. The smallest absolute Gasteiger partial charge is 0.193 e. The van der Waals surface area contributed by atoms with Gasteiger partial charge in [0.2, 0.25) is 0 Å². The number of hydrogen-bond acceptors (Lipinski definition) is 3. The van der Waals surface area contributed by atoms with Gasteiger partial charge in [0, 0.05) is 32.2 Å². The summed E-state index contributed by atoms with van der Waals surface area (Å²) in [5.41, 5.74) is 1.13. The van der Waals surface area contributed by atoms with E-state index in [1.807, 2.05) is 19.2 Å². The first-order chi connectivity index (χ1) is 11.8. The molecule has 0 aromatic heterocycles. The van der Waals surface area contributed by atoms with Gasteiger partial charge >= 0.3 is 0 Å². The lowest BCUT2D eigenvalue weighted by Crippen LogP contribution is -2.39. The summed E-state index contributed by atoms with van der Waals surface area (Å²) in [5.74, 6) is 2.68. The minimum Gasteiger partial charge on any atom is -0.493 e. The molecule has 1 aliphatic heterocycles. The van der Waals surface area contributed by atoms with E-state index < -0.39 is 0 Å². The van der Waals surface area contributed by atoms with Crippen molar-refractivity contribution >= 4 is 29.9 Å². The molecule has 140 valence electrons. The van der Waals surface area contributed by atoms with Crippen molar-refractivity contribution < 1.29 is 9.47 Å². The molecule has 0 spiro atoms. The van der Waals surface area contributed by atoms with Crippen LogP contribution in [0.2, 0.25) is 0 Å². The number of para-hydroxylation sites is 1. The quantitative estimate of drug-likeness (QED) is 0.414. The molecule has 0 bridgehead atoms. The summed E-state index contributed by atoms with van der Waals surface area (Å²) < 4.78 is 11.8. The van der Waals surface area contributed by atoms with Gasteiger partial charge in [-0.3, -0.25) is 4.99 Å². The third-order valence-electron chi connectivity index (χ3n) is 4.92. The standard InChI is InChI=1S/C19H29N3O2.HI/c1-20-19(22-12-5-6-13-22)21-14-15-8-7-11-17(23-2)18(15)24-16-9-3-4-10-16;/h7-8,11,16H,3-6,9-10,12-14H2,1-2H3,(H,20,21);1H. The van der Waals surface area contributed by atoms with E-state index in [4.69, 9.17) is 9.47 Å². The molecular weight excluding hydrogens is 429 g/mol. The molecule has 2 aliphatic rings. The van der Waals surface area contributed by atoms with E-state index in [0.717, 1.165) is 49.0 Å². The molecule has 1 saturated carbocycles. The maximum atomic E-state index is 6.30. The number of nitrogens with one attached hydrogen (secondary N) is 1. The molecule has 1 N–H and O–H groups in total. The van der Waals surface area contributed by atoms with Gasteiger partial charge < -0.3 is 19.7 Å². The van der Waals surface area contributed by atoms with Gasteiger partial charge in [-0.2, -0.15) is 0 Å². The molecule has 1 aromatic rings.